The van der Waals surface area contributed by atoms with Gasteiger partial charge in [0.2, 0.25) is 0 Å². The normalized spacial score (nSPS) is 12.4. The lowest BCUT2D eigenvalue weighted by Crippen LogP contribution is -2.15. The summed E-state index contributed by atoms with van der Waals surface area (Å²) < 4.78 is 34.1. The van der Waals surface area contributed by atoms with Crippen LogP contribution in [0.3, 0.4) is 0 Å². The average Bonchev–Trinajstić information content (AvgIpc) is 2.73. The molecule has 146 valence electrons. The minimum Gasteiger partial charge on any atom is -0.489 e. The van der Waals surface area contributed by atoms with Gasteiger partial charge in [0.1, 0.15) is 12.4 Å². The molecular weight excluding hydrogens is 370 g/mol. The molecule has 0 amide bonds. The Balaban J connectivity index is 1.85. The van der Waals surface area contributed by atoms with Crippen molar-refractivity contribution < 1.29 is 13.2 Å². The van der Waals surface area contributed by atoms with Crippen molar-refractivity contribution in [3.8, 4) is 5.75 Å². The van der Waals surface area contributed by atoms with Crippen molar-refractivity contribution in [1.82, 2.24) is 0 Å². The second-order valence-corrected chi connectivity index (χ2v) is 8.43. The third-order valence-electron chi connectivity index (χ3n) is 4.71. The van der Waals surface area contributed by atoms with E-state index in [1.165, 1.54) is 0 Å². The van der Waals surface area contributed by atoms with Gasteiger partial charge in [-0.1, -0.05) is 62.4 Å². The topological polar surface area (TPSA) is 55.4 Å². The summed E-state index contributed by atoms with van der Waals surface area (Å²) >= 11 is 0. The highest BCUT2D eigenvalue weighted by molar-refractivity contribution is 7.92. The van der Waals surface area contributed by atoms with Crippen LogP contribution in [0, 0.1) is 0 Å². The first-order valence-corrected chi connectivity index (χ1v) is 10.9. The number of sulfonamides is 1. The van der Waals surface area contributed by atoms with Crippen molar-refractivity contribution in [2.75, 3.05) is 4.72 Å². The maximum atomic E-state index is 12.7. The molecule has 0 fully saturated rings. The molecule has 0 aliphatic heterocycles. The highest BCUT2D eigenvalue weighted by atomic mass is 32.2. The van der Waals surface area contributed by atoms with Crippen LogP contribution in [0.15, 0.2) is 83.8 Å². The van der Waals surface area contributed by atoms with Gasteiger partial charge in [-0.3, -0.25) is 4.72 Å². The van der Waals surface area contributed by atoms with Crippen LogP contribution >= 0.6 is 0 Å². The van der Waals surface area contributed by atoms with Crippen LogP contribution in [0.4, 0.5) is 5.69 Å². The van der Waals surface area contributed by atoms with Crippen LogP contribution in [0.5, 0.6) is 5.75 Å². The standard InChI is InChI=1S/C23H25NO3S/c1-3-18(2)22-16-20(27-17-19-10-6-4-7-11-19)14-15-23(22)24-28(25,26)21-12-8-5-9-13-21/h4-16,18,24H,3,17H2,1-2H3. The van der Waals surface area contributed by atoms with Gasteiger partial charge >= 0.3 is 0 Å². The Bertz CT molecular complexity index is 1000. The van der Waals surface area contributed by atoms with Crippen LogP contribution < -0.4 is 9.46 Å². The Morgan fingerprint density at radius 1 is 0.929 bits per heavy atom. The summed E-state index contributed by atoms with van der Waals surface area (Å²) in [6.45, 7) is 4.63. The monoisotopic (exact) mass is 395 g/mol. The Kier molecular flexibility index (Phi) is 6.37. The van der Waals surface area contributed by atoms with Crippen molar-refractivity contribution in [1.29, 1.82) is 0 Å². The average molecular weight is 396 g/mol. The molecule has 0 spiro atoms. The second-order valence-electron chi connectivity index (χ2n) is 6.75. The molecule has 1 atom stereocenters. The molecule has 3 aromatic carbocycles. The molecule has 0 heterocycles. The molecule has 3 aromatic rings. The lowest BCUT2D eigenvalue weighted by molar-refractivity contribution is 0.306. The minimum atomic E-state index is -3.64. The highest BCUT2D eigenvalue weighted by Crippen LogP contribution is 2.32. The molecule has 0 saturated carbocycles. The van der Waals surface area contributed by atoms with Crippen LogP contribution in [0.1, 0.15) is 37.3 Å². The van der Waals surface area contributed by atoms with Gasteiger partial charge in [-0.25, -0.2) is 8.42 Å². The molecule has 4 nitrogen and oxygen atoms in total. The van der Waals surface area contributed by atoms with E-state index >= 15 is 0 Å². The molecule has 0 saturated heterocycles. The Morgan fingerprint density at radius 2 is 1.57 bits per heavy atom. The number of benzene rings is 3. The van der Waals surface area contributed by atoms with Crippen LogP contribution in [-0.4, -0.2) is 8.42 Å². The zero-order valence-corrected chi connectivity index (χ0v) is 16.9. The van der Waals surface area contributed by atoms with E-state index in [0.717, 1.165) is 23.3 Å². The number of nitrogens with one attached hydrogen (secondary N) is 1. The van der Waals surface area contributed by atoms with E-state index in [0.29, 0.717) is 12.3 Å². The number of hydrogen-bond donors (Lipinski definition) is 1. The Labute approximate surface area is 167 Å². The molecule has 0 aromatic heterocycles. The fraction of sp³-hybridized carbons (Fsp3) is 0.217. The number of ether oxygens (including phenoxy) is 1. The third kappa shape index (κ3) is 4.93. The van der Waals surface area contributed by atoms with Crippen LogP contribution in [-0.2, 0) is 16.6 Å². The SMILES string of the molecule is CCC(C)c1cc(OCc2ccccc2)ccc1NS(=O)(=O)c1ccccc1. The van der Waals surface area contributed by atoms with Crippen molar-refractivity contribution in [3.05, 3.63) is 90.0 Å². The van der Waals surface area contributed by atoms with Gasteiger partial charge in [0.15, 0.2) is 0 Å². The lowest BCUT2D eigenvalue weighted by Gasteiger charge is -2.18. The molecule has 1 unspecified atom stereocenters. The fourth-order valence-electron chi connectivity index (χ4n) is 2.90. The van der Waals surface area contributed by atoms with Gasteiger partial charge in [-0.05, 0) is 53.8 Å². The van der Waals surface area contributed by atoms with Gasteiger partial charge in [-0.2, -0.15) is 0 Å². The first-order chi connectivity index (χ1) is 13.5. The molecule has 0 aliphatic rings. The maximum Gasteiger partial charge on any atom is 0.261 e. The van der Waals surface area contributed by atoms with Gasteiger partial charge in [-0.15, -0.1) is 0 Å². The van der Waals surface area contributed by atoms with E-state index in [4.69, 9.17) is 4.74 Å². The second kappa shape index (κ2) is 8.93. The Hall–Kier alpha value is -2.79. The molecule has 0 radical (unpaired) electrons. The zero-order valence-electron chi connectivity index (χ0n) is 16.1. The summed E-state index contributed by atoms with van der Waals surface area (Å²) in [7, 11) is -3.64. The molecule has 0 aliphatic carbocycles. The van der Waals surface area contributed by atoms with Gasteiger partial charge in [0, 0.05) is 0 Å². The smallest absolute Gasteiger partial charge is 0.261 e. The third-order valence-corrected chi connectivity index (χ3v) is 6.09. The van der Waals surface area contributed by atoms with E-state index in [9.17, 15) is 8.42 Å². The van der Waals surface area contributed by atoms with E-state index in [-0.39, 0.29) is 10.8 Å². The first kappa shape index (κ1) is 20.0. The summed E-state index contributed by atoms with van der Waals surface area (Å²) in [4.78, 5) is 0.245. The summed E-state index contributed by atoms with van der Waals surface area (Å²) in [5.74, 6) is 0.913. The predicted molar refractivity (Wildman–Crippen MR) is 113 cm³/mol. The van der Waals surface area contributed by atoms with Crippen LogP contribution in [0.25, 0.3) is 0 Å². The van der Waals surface area contributed by atoms with Gasteiger partial charge < -0.3 is 4.74 Å². The lowest BCUT2D eigenvalue weighted by atomic mass is 9.97. The zero-order chi connectivity index (χ0) is 20.0. The summed E-state index contributed by atoms with van der Waals surface area (Å²) in [6, 6.07) is 23.9. The minimum absolute atomic E-state index is 0.189. The molecule has 0 bridgehead atoms. The van der Waals surface area contributed by atoms with Crippen molar-refractivity contribution in [2.45, 2.75) is 37.7 Å². The number of rotatable bonds is 8. The highest BCUT2D eigenvalue weighted by Gasteiger charge is 2.18. The van der Waals surface area contributed by atoms with Crippen molar-refractivity contribution in [2.24, 2.45) is 0 Å². The Morgan fingerprint density at radius 3 is 2.21 bits per heavy atom. The van der Waals surface area contributed by atoms with E-state index < -0.39 is 10.0 Å². The number of anilines is 1. The predicted octanol–water partition coefficient (Wildman–Crippen LogP) is 5.58. The van der Waals surface area contributed by atoms with E-state index in [1.54, 1.807) is 42.5 Å². The molecular formula is C23H25NO3S. The van der Waals surface area contributed by atoms with Crippen molar-refractivity contribution in [3.63, 3.8) is 0 Å². The summed E-state index contributed by atoms with van der Waals surface area (Å²) in [5.41, 5.74) is 2.60. The van der Waals surface area contributed by atoms with Crippen molar-refractivity contribution >= 4 is 15.7 Å². The first-order valence-electron chi connectivity index (χ1n) is 9.38. The van der Waals surface area contributed by atoms with Gasteiger partial charge in [0.25, 0.3) is 10.0 Å². The van der Waals surface area contributed by atoms with Gasteiger partial charge in [0.05, 0.1) is 10.6 Å². The fourth-order valence-corrected chi connectivity index (χ4v) is 4.00. The van der Waals surface area contributed by atoms with Crippen LogP contribution in [0.2, 0.25) is 0 Å². The van der Waals surface area contributed by atoms with E-state index in [1.807, 2.05) is 36.4 Å². The summed E-state index contributed by atoms with van der Waals surface area (Å²) in [5, 5.41) is 0. The molecule has 28 heavy (non-hydrogen) atoms. The quantitative estimate of drug-likeness (QED) is 0.542. The summed E-state index contributed by atoms with van der Waals surface area (Å²) in [6.07, 6.45) is 0.891. The maximum absolute atomic E-state index is 12.7. The molecule has 3 rings (SSSR count). The largest absolute Gasteiger partial charge is 0.489 e. The number of hydrogen-bond acceptors (Lipinski definition) is 3. The molecule has 1 N–H and O–H groups in total. The molecule has 5 heteroatoms. The van der Waals surface area contributed by atoms with E-state index in [2.05, 4.69) is 18.6 Å².